The Labute approximate surface area is 248 Å². The van der Waals surface area contributed by atoms with E-state index in [1.165, 1.54) is 12.1 Å². The minimum atomic E-state index is -4.48. The van der Waals surface area contributed by atoms with E-state index in [9.17, 15) is 27.9 Å². The third-order valence-corrected chi connectivity index (χ3v) is 7.34. The number of likely N-dealkylation sites (N-methyl/N-ethyl adjacent to an activating group) is 1. The summed E-state index contributed by atoms with van der Waals surface area (Å²) in [6.07, 6.45) is -1.30. The van der Waals surface area contributed by atoms with E-state index in [4.69, 9.17) is 4.74 Å². The molecule has 1 aromatic heterocycles. The molecule has 0 saturated carbocycles. The van der Waals surface area contributed by atoms with Gasteiger partial charge in [0, 0.05) is 54.9 Å². The van der Waals surface area contributed by atoms with Crippen LogP contribution in [0.15, 0.2) is 67.0 Å². The van der Waals surface area contributed by atoms with E-state index < -0.39 is 23.8 Å². The Hall–Kier alpha value is -4.16. The van der Waals surface area contributed by atoms with Gasteiger partial charge in [0.1, 0.15) is 11.9 Å². The summed E-state index contributed by atoms with van der Waals surface area (Å²) in [6, 6.07) is 11.9. The summed E-state index contributed by atoms with van der Waals surface area (Å²) in [5, 5.41) is 15.0. The molecule has 0 saturated heterocycles. The third-order valence-electron chi connectivity index (χ3n) is 7.34. The molecule has 0 radical (unpaired) electrons. The SMILES string of the molecule is C[C@H]1CN([C@@H](C)CO)C(=O)Cc2cc(NC(=O)Nc3ccc(C(F)(F)F)cc3)ccc2O[C@@H]1CN(C)Cc1ccncc1. The molecule has 0 unspecified atom stereocenters. The highest BCUT2D eigenvalue weighted by Gasteiger charge is 2.32. The number of aliphatic hydroxyl groups excluding tert-OH is 1. The highest BCUT2D eigenvalue weighted by Crippen LogP contribution is 2.31. The minimum absolute atomic E-state index is 0.0119. The Balaban J connectivity index is 1.53. The number of pyridine rings is 1. The Morgan fingerprint density at radius 2 is 1.77 bits per heavy atom. The first-order valence-electron chi connectivity index (χ1n) is 14.0. The number of halogens is 3. The third kappa shape index (κ3) is 8.68. The van der Waals surface area contributed by atoms with Gasteiger partial charge in [0.2, 0.25) is 5.91 Å². The smallest absolute Gasteiger partial charge is 0.416 e. The van der Waals surface area contributed by atoms with E-state index in [1.54, 1.807) is 42.4 Å². The molecule has 230 valence electrons. The van der Waals surface area contributed by atoms with Crippen molar-refractivity contribution in [3.63, 3.8) is 0 Å². The number of hydrogen-bond donors (Lipinski definition) is 3. The van der Waals surface area contributed by atoms with Gasteiger partial charge in [-0.15, -0.1) is 0 Å². The van der Waals surface area contributed by atoms with Crippen LogP contribution >= 0.6 is 0 Å². The van der Waals surface area contributed by atoms with Gasteiger partial charge in [-0.25, -0.2) is 4.79 Å². The summed E-state index contributed by atoms with van der Waals surface area (Å²) >= 11 is 0. The molecule has 1 aliphatic rings. The fraction of sp³-hybridized carbons (Fsp3) is 0.387. The molecule has 2 heterocycles. The van der Waals surface area contributed by atoms with Crippen LogP contribution in [-0.2, 0) is 23.9 Å². The summed E-state index contributed by atoms with van der Waals surface area (Å²) in [5.74, 6) is 0.251. The van der Waals surface area contributed by atoms with Gasteiger partial charge in [0.05, 0.1) is 24.6 Å². The molecule has 4 rings (SSSR count). The van der Waals surface area contributed by atoms with Crippen molar-refractivity contribution in [3.8, 4) is 5.75 Å². The van der Waals surface area contributed by atoms with E-state index in [0.29, 0.717) is 36.6 Å². The number of urea groups is 1. The number of nitrogens with zero attached hydrogens (tertiary/aromatic N) is 3. The van der Waals surface area contributed by atoms with E-state index in [0.717, 1.165) is 17.7 Å². The number of hydrogen-bond acceptors (Lipinski definition) is 6. The molecule has 0 bridgehead atoms. The lowest BCUT2D eigenvalue weighted by Gasteiger charge is -2.34. The van der Waals surface area contributed by atoms with Crippen LogP contribution in [0.5, 0.6) is 5.75 Å². The zero-order valence-electron chi connectivity index (χ0n) is 24.3. The molecule has 3 N–H and O–H groups in total. The second-order valence-corrected chi connectivity index (χ2v) is 10.9. The number of alkyl halides is 3. The summed E-state index contributed by atoms with van der Waals surface area (Å²) < 4.78 is 45.1. The second-order valence-electron chi connectivity index (χ2n) is 10.9. The number of benzene rings is 2. The number of rotatable bonds is 8. The highest BCUT2D eigenvalue weighted by atomic mass is 19.4. The van der Waals surface area contributed by atoms with Gasteiger partial charge in [-0.2, -0.15) is 13.2 Å². The maximum atomic E-state index is 13.4. The average Bonchev–Trinajstić information content (AvgIpc) is 3.00. The zero-order valence-corrected chi connectivity index (χ0v) is 24.3. The fourth-order valence-corrected chi connectivity index (χ4v) is 4.93. The Kier molecular flexibility index (Phi) is 10.3. The van der Waals surface area contributed by atoms with E-state index in [-0.39, 0.29) is 36.6 Å². The van der Waals surface area contributed by atoms with Crippen LogP contribution in [0.3, 0.4) is 0 Å². The van der Waals surface area contributed by atoms with Crippen LogP contribution in [0.25, 0.3) is 0 Å². The van der Waals surface area contributed by atoms with Crippen LogP contribution in [0.1, 0.15) is 30.5 Å². The molecule has 3 atom stereocenters. The first-order chi connectivity index (χ1) is 20.4. The van der Waals surface area contributed by atoms with Crippen LogP contribution in [0, 0.1) is 5.92 Å². The van der Waals surface area contributed by atoms with Gasteiger partial charge < -0.3 is 25.4 Å². The molecule has 0 aliphatic carbocycles. The first-order valence-corrected chi connectivity index (χ1v) is 14.0. The van der Waals surface area contributed by atoms with Crippen molar-refractivity contribution in [3.05, 3.63) is 83.7 Å². The zero-order chi connectivity index (χ0) is 31.1. The molecule has 3 amide bonds. The van der Waals surface area contributed by atoms with Gasteiger partial charge in [0.25, 0.3) is 0 Å². The fourth-order valence-electron chi connectivity index (χ4n) is 4.93. The standard InChI is InChI=1S/C31H36F3N5O4/c1-20-16-39(21(2)19-40)29(41)15-23-14-26(37-30(42)36-25-6-4-24(5-7-25)31(32,33)34)8-9-27(23)43-28(20)18-38(3)17-22-10-12-35-13-11-22/h4-14,20-21,28,40H,15-19H2,1-3H3,(H2,36,37,42)/t20-,21-,28+/m0/s1. The average molecular weight is 600 g/mol. The molecule has 9 nitrogen and oxygen atoms in total. The normalized spacial score (nSPS) is 18.1. The Morgan fingerprint density at radius 3 is 2.42 bits per heavy atom. The van der Waals surface area contributed by atoms with E-state index in [2.05, 4.69) is 20.5 Å². The summed E-state index contributed by atoms with van der Waals surface area (Å²) in [7, 11) is 1.99. The van der Waals surface area contributed by atoms with Gasteiger partial charge in [-0.3, -0.25) is 14.7 Å². The van der Waals surface area contributed by atoms with E-state index >= 15 is 0 Å². The van der Waals surface area contributed by atoms with Gasteiger partial charge in [-0.05, 0) is 74.1 Å². The summed E-state index contributed by atoms with van der Waals surface area (Å²) in [5.41, 5.74) is 1.41. The van der Waals surface area contributed by atoms with Crippen molar-refractivity contribution in [2.45, 2.75) is 45.1 Å². The Morgan fingerprint density at radius 1 is 1.12 bits per heavy atom. The predicted molar refractivity (Wildman–Crippen MR) is 157 cm³/mol. The monoisotopic (exact) mass is 599 g/mol. The molecule has 12 heteroatoms. The molecule has 3 aromatic rings. The predicted octanol–water partition coefficient (Wildman–Crippen LogP) is 5.03. The molecular weight excluding hydrogens is 563 g/mol. The molecule has 43 heavy (non-hydrogen) atoms. The largest absolute Gasteiger partial charge is 0.488 e. The molecule has 0 fully saturated rings. The molecule has 0 spiro atoms. The quantitative estimate of drug-likeness (QED) is 0.336. The minimum Gasteiger partial charge on any atom is -0.488 e. The Bertz CT molecular complexity index is 1390. The lowest BCUT2D eigenvalue weighted by atomic mass is 10.0. The van der Waals surface area contributed by atoms with Crippen LogP contribution in [-0.4, -0.2) is 70.7 Å². The molecule has 2 aromatic carbocycles. The van der Waals surface area contributed by atoms with Crippen molar-refractivity contribution < 1.29 is 32.6 Å². The highest BCUT2D eigenvalue weighted by molar-refractivity contribution is 6.00. The summed E-state index contributed by atoms with van der Waals surface area (Å²) in [4.78, 5) is 33.9. The lowest BCUT2D eigenvalue weighted by molar-refractivity contribution is -0.137. The van der Waals surface area contributed by atoms with Crippen molar-refractivity contribution in [2.24, 2.45) is 5.92 Å². The lowest BCUT2D eigenvalue weighted by Crippen LogP contribution is -2.47. The number of carbonyl (C=O) groups excluding carboxylic acids is 2. The molecule has 1 aliphatic heterocycles. The second kappa shape index (κ2) is 13.9. The number of ether oxygens (including phenoxy) is 1. The van der Waals surface area contributed by atoms with Crippen molar-refractivity contribution in [1.29, 1.82) is 0 Å². The number of amides is 3. The van der Waals surface area contributed by atoms with Crippen LogP contribution in [0.2, 0.25) is 0 Å². The van der Waals surface area contributed by atoms with Gasteiger partial charge >= 0.3 is 12.2 Å². The topological polar surface area (TPSA) is 107 Å². The number of anilines is 2. The van der Waals surface area contributed by atoms with Crippen molar-refractivity contribution >= 4 is 23.3 Å². The maximum absolute atomic E-state index is 13.4. The van der Waals surface area contributed by atoms with Crippen LogP contribution in [0.4, 0.5) is 29.3 Å². The molecular formula is C31H36F3N5O4. The number of aliphatic hydroxyl groups is 1. The first kappa shape index (κ1) is 31.8. The number of fused-ring (bicyclic) bond motifs is 1. The summed E-state index contributed by atoms with van der Waals surface area (Å²) in [6.45, 7) is 5.25. The number of aromatic nitrogens is 1. The number of nitrogens with one attached hydrogen (secondary N) is 2. The van der Waals surface area contributed by atoms with Crippen LogP contribution < -0.4 is 15.4 Å². The van der Waals surface area contributed by atoms with E-state index in [1.807, 2.05) is 26.1 Å². The van der Waals surface area contributed by atoms with Gasteiger partial charge in [0.15, 0.2) is 0 Å². The van der Waals surface area contributed by atoms with Crippen molar-refractivity contribution in [1.82, 2.24) is 14.8 Å². The number of carbonyl (C=O) groups is 2. The van der Waals surface area contributed by atoms with Crippen molar-refractivity contribution in [2.75, 3.05) is 37.4 Å². The maximum Gasteiger partial charge on any atom is 0.416 e. The van der Waals surface area contributed by atoms with Gasteiger partial charge in [-0.1, -0.05) is 6.92 Å².